The summed E-state index contributed by atoms with van der Waals surface area (Å²) in [5.74, 6) is 1.45. The van der Waals surface area contributed by atoms with Crippen molar-refractivity contribution >= 4 is 24.0 Å². The lowest BCUT2D eigenvalue weighted by molar-refractivity contribution is -0.121. The minimum Gasteiger partial charge on any atom is -0.491 e. The van der Waals surface area contributed by atoms with Crippen LogP contribution in [0.1, 0.15) is 18.9 Å². The van der Waals surface area contributed by atoms with Crippen molar-refractivity contribution in [3.8, 4) is 5.75 Å². The number of rotatable bonds is 3. The zero-order valence-corrected chi connectivity index (χ0v) is 12.5. The smallest absolute Gasteiger partial charge is 0.227 e. The fraction of sp³-hybridized carbons (Fsp3) is 0.533. The summed E-state index contributed by atoms with van der Waals surface area (Å²) < 4.78 is 5.71. The number of fused-ring (bicyclic) bond motifs is 1. The van der Waals surface area contributed by atoms with Gasteiger partial charge in [0.1, 0.15) is 5.75 Å². The van der Waals surface area contributed by atoms with E-state index in [-0.39, 0.29) is 24.2 Å². The normalized spacial score (nSPS) is 18.9. The summed E-state index contributed by atoms with van der Waals surface area (Å²) in [4.78, 5) is 12.2. The summed E-state index contributed by atoms with van der Waals surface area (Å²) in [6.45, 7) is 4.62. The Balaban J connectivity index is 0.00000147. The quantitative estimate of drug-likeness (QED) is 0.899. The Hall–Kier alpha value is -1.26. The van der Waals surface area contributed by atoms with Gasteiger partial charge >= 0.3 is 0 Å². The summed E-state index contributed by atoms with van der Waals surface area (Å²) in [6.07, 6.45) is 2.08. The molecule has 0 aliphatic carbocycles. The van der Waals surface area contributed by atoms with Gasteiger partial charge in [-0.3, -0.25) is 4.79 Å². The first-order valence-corrected chi connectivity index (χ1v) is 7.02. The number of aryl methyl sites for hydroxylation is 1. The molecule has 0 bridgehead atoms. The molecule has 3 rings (SSSR count). The van der Waals surface area contributed by atoms with Crippen LogP contribution in [0, 0.1) is 11.8 Å². The second-order valence-electron chi connectivity index (χ2n) is 5.44. The van der Waals surface area contributed by atoms with E-state index in [4.69, 9.17) is 4.74 Å². The van der Waals surface area contributed by atoms with Crippen LogP contribution >= 0.6 is 12.4 Å². The van der Waals surface area contributed by atoms with Crippen molar-refractivity contribution in [1.82, 2.24) is 5.32 Å². The van der Waals surface area contributed by atoms with E-state index in [0.29, 0.717) is 5.92 Å². The van der Waals surface area contributed by atoms with E-state index in [9.17, 15) is 4.79 Å². The van der Waals surface area contributed by atoms with E-state index >= 15 is 0 Å². The van der Waals surface area contributed by atoms with Gasteiger partial charge in [0.25, 0.3) is 0 Å². The number of nitrogens with one attached hydrogen (secondary N) is 2. The molecule has 2 N–H and O–H groups in total. The zero-order valence-electron chi connectivity index (χ0n) is 11.6. The summed E-state index contributed by atoms with van der Waals surface area (Å²) in [7, 11) is 0. The highest BCUT2D eigenvalue weighted by Crippen LogP contribution is 2.33. The number of amides is 1. The van der Waals surface area contributed by atoms with Crippen LogP contribution in [0.15, 0.2) is 18.2 Å². The van der Waals surface area contributed by atoms with Gasteiger partial charge in [-0.05, 0) is 43.5 Å². The largest absolute Gasteiger partial charge is 0.491 e. The molecule has 2 aliphatic rings. The SMILES string of the molecule is CC(C(=O)Nc1cccc2c1OCCC2)C1CNC1.Cl. The van der Waals surface area contributed by atoms with Gasteiger partial charge in [-0.2, -0.15) is 0 Å². The number of hydrogen-bond donors (Lipinski definition) is 2. The van der Waals surface area contributed by atoms with Gasteiger partial charge in [0.2, 0.25) is 5.91 Å². The van der Waals surface area contributed by atoms with Gasteiger partial charge in [0, 0.05) is 5.92 Å². The molecule has 0 saturated carbocycles. The van der Waals surface area contributed by atoms with Crippen LogP contribution in [0.3, 0.4) is 0 Å². The van der Waals surface area contributed by atoms with Crippen molar-refractivity contribution in [3.63, 3.8) is 0 Å². The monoisotopic (exact) mass is 296 g/mol. The van der Waals surface area contributed by atoms with E-state index in [1.807, 2.05) is 19.1 Å². The number of carbonyl (C=O) groups is 1. The van der Waals surface area contributed by atoms with Crippen molar-refractivity contribution < 1.29 is 9.53 Å². The van der Waals surface area contributed by atoms with Crippen LogP contribution < -0.4 is 15.4 Å². The third-order valence-electron chi connectivity index (χ3n) is 4.13. The highest BCUT2D eigenvalue weighted by molar-refractivity contribution is 5.94. The van der Waals surface area contributed by atoms with Crippen LogP contribution in [0.2, 0.25) is 0 Å². The molecule has 1 amide bonds. The van der Waals surface area contributed by atoms with E-state index < -0.39 is 0 Å². The van der Waals surface area contributed by atoms with E-state index in [1.165, 1.54) is 5.56 Å². The number of anilines is 1. The molecule has 1 fully saturated rings. The van der Waals surface area contributed by atoms with Gasteiger partial charge in [-0.25, -0.2) is 0 Å². The number of para-hydroxylation sites is 1. The molecular weight excluding hydrogens is 276 g/mol. The topological polar surface area (TPSA) is 50.4 Å². The minimum absolute atomic E-state index is 0. The van der Waals surface area contributed by atoms with Crippen LogP contribution in [0.4, 0.5) is 5.69 Å². The number of benzene rings is 1. The van der Waals surface area contributed by atoms with Crippen molar-refractivity contribution in [1.29, 1.82) is 0 Å². The Morgan fingerprint density at radius 1 is 1.45 bits per heavy atom. The first-order valence-electron chi connectivity index (χ1n) is 7.02. The van der Waals surface area contributed by atoms with Crippen LogP contribution in [0.5, 0.6) is 5.75 Å². The van der Waals surface area contributed by atoms with E-state index in [1.54, 1.807) is 0 Å². The lowest BCUT2D eigenvalue weighted by Gasteiger charge is -2.32. The predicted molar refractivity (Wildman–Crippen MR) is 81.7 cm³/mol. The average molecular weight is 297 g/mol. The molecule has 1 aromatic carbocycles. The number of ether oxygens (including phenoxy) is 1. The molecule has 1 unspecified atom stereocenters. The molecule has 110 valence electrons. The lowest BCUT2D eigenvalue weighted by atomic mass is 9.88. The minimum atomic E-state index is 0. The van der Waals surface area contributed by atoms with Crippen molar-refractivity contribution in [2.75, 3.05) is 25.0 Å². The van der Waals surface area contributed by atoms with E-state index in [0.717, 1.165) is 44.0 Å². The molecule has 0 aromatic heterocycles. The summed E-state index contributed by atoms with van der Waals surface area (Å²) in [5, 5.41) is 6.23. The fourth-order valence-corrected chi connectivity index (χ4v) is 2.61. The molecule has 5 heteroatoms. The van der Waals surface area contributed by atoms with E-state index in [2.05, 4.69) is 16.7 Å². The molecule has 2 heterocycles. The molecule has 2 aliphatic heterocycles. The maximum absolute atomic E-state index is 12.2. The predicted octanol–water partition coefficient (Wildman–Crippen LogP) is 2.23. The Kier molecular flexibility index (Phi) is 4.89. The number of carbonyl (C=O) groups excluding carboxylic acids is 1. The third kappa shape index (κ3) is 2.91. The van der Waals surface area contributed by atoms with Gasteiger partial charge < -0.3 is 15.4 Å². The second-order valence-corrected chi connectivity index (χ2v) is 5.44. The maximum Gasteiger partial charge on any atom is 0.227 e. The van der Waals surface area contributed by atoms with Crippen LogP contribution in [0.25, 0.3) is 0 Å². The summed E-state index contributed by atoms with van der Waals surface area (Å²) >= 11 is 0. The second kappa shape index (κ2) is 6.46. The Labute approximate surface area is 125 Å². The zero-order chi connectivity index (χ0) is 13.2. The highest BCUT2D eigenvalue weighted by atomic mass is 35.5. The Bertz CT molecular complexity index is 489. The third-order valence-corrected chi connectivity index (χ3v) is 4.13. The lowest BCUT2D eigenvalue weighted by Crippen LogP contribution is -2.48. The van der Waals surface area contributed by atoms with Crippen molar-refractivity contribution in [2.24, 2.45) is 11.8 Å². The van der Waals surface area contributed by atoms with Crippen LogP contribution in [-0.2, 0) is 11.2 Å². The molecule has 1 atom stereocenters. The van der Waals surface area contributed by atoms with Crippen molar-refractivity contribution in [3.05, 3.63) is 23.8 Å². The standard InChI is InChI=1S/C15H20N2O2.ClH/c1-10(12-8-16-9-12)15(18)17-13-6-2-4-11-5-3-7-19-14(11)13;/h2,4,6,10,12,16H,3,5,7-9H2,1H3,(H,17,18);1H. The summed E-state index contributed by atoms with van der Waals surface area (Å²) in [6, 6.07) is 5.98. The molecular formula is C15H21ClN2O2. The van der Waals surface area contributed by atoms with Gasteiger partial charge in [0.15, 0.2) is 0 Å². The van der Waals surface area contributed by atoms with Crippen LogP contribution in [-0.4, -0.2) is 25.6 Å². The Morgan fingerprint density at radius 2 is 2.25 bits per heavy atom. The molecule has 1 saturated heterocycles. The number of hydrogen-bond acceptors (Lipinski definition) is 3. The van der Waals surface area contributed by atoms with Gasteiger partial charge in [-0.15, -0.1) is 12.4 Å². The first-order chi connectivity index (χ1) is 9.25. The molecule has 20 heavy (non-hydrogen) atoms. The molecule has 4 nitrogen and oxygen atoms in total. The molecule has 0 spiro atoms. The summed E-state index contributed by atoms with van der Waals surface area (Å²) in [5.41, 5.74) is 2.02. The first kappa shape index (κ1) is 15.1. The fourth-order valence-electron chi connectivity index (χ4n) is 2.61. The van der Waals surface area contributed by atoms with Crippen molar-refractivity contribution in [2.45, 2.75) is 19.8 Å². The maximum atomic E-state index is 12.2. The molecule has 0 radical (unpaired) electrons. The van der Waals surface area contributed by atoms with Gasteiger partial charge in [0.05, 0.1) is 12.3 Å². The van der Waals surface area contributed by atoms with Gasteiger partial charge in [-0.1, -0.05) is 19.1 Å². The highest BCUT2D eigenvalue weighted by Gasteiger charge is 2.29. The molecule has 1 aromatic rings. The average Bonchev–Trinajstić information content (AvgIpc) is 2.37. The Morgan fingerprint density at radius 3 is 2.95 bits per heavy atom. The number of halogens is 1.